The molecule has 0 N–H and O–H groups in total. The van der Waals surface area contributed by atoms with Crippen LogP contribution in [-0.4, -0.2) is 14.7 Å². The van der Waals surface area contributed by atoms with Gasteiger partial charge in [0.05, 0.1) is 0 Å². The summed E-state index contributed by atoms with van der Waals surface area (Å²) in [7, 11) is -4.37. The van der Waals surface area contributed by atoms with E-state index >= 15 is 0 Å². The molecule has 0 aromatic heterocycles. The molecule has 0 rings (SSSR count). The van der Waals surface area contributed by atoms with Crippen molar-refractivity contribution in [2.24, 2.45) is 0 Å². The van der Waals surface area contributed by atoms with Gasteiger partial charge < -0.3 is 0 Å². The standard InChI is InChI=1S/C12H12Cl6O2S2/c1-3-5-7-9(21(19)11(13,14)15)10(8-6-4-2)22(20)12(16,17)18/h5-6H,3-4H2,1-2H3. The largest absolute Gasteiger partial charge is 0.271 e. The van der Waals surface area contributed by atoms with E-state index in [1.165, 1.54) is 12.2 Å². The van der Waals surface area contributed by atoms with Crippen molar-refractivity contribution in [1.82, 2.24) is 0 Å². The lowest BCUT2D eigenvalue weighted by molar-refractivity contribution is 0.684. The van der Waals surface area contributed by atoms with Gasteiger partial charge in [-0.25, -0.2) is 8.42 Å². The molecule has 0 bridgehead atoms. The van der Waals surface area contributed by atoms with Gasteiger partial charge in [0.15, 0.2) is 0 Å². The Kier molecular flexibility index (Phi) is 10.7. The van der Waals surface area contributed by atoms with Crippen LogP contribution in [0.25, 0.3) is 0 Å². The average molecular weight is 465 g/mol. The zero-order chi connectivity index (χ0) is 17.6. The Bertz CT molecular complexity index is 521. The molecule has 0 spiro atoms. The third kappa shape index (κ3) is 7.77. The van der Waals surface area contributed by atoms with E-state index in [1.807, 2.05) is 13.8 Å². The highest BCUT2D eigenvalue weighted by molar-refractivity contribution is 8.00. The van der Waals surface area contributed by atoms with Crippen molar-refractivity contribution in [3.63, 3.8) is 0 Å². The summed E-state index contributed by atoms with van der Waals surface area (Å²) in [4.78, 5) is -0.285. The van der Waals surface area contributed by atoms with Gasteiger partial charge in [0.25, 0.3) is 6.25 Å². The topological polar surface area (TPSA) is 34.1 Å². The molecule has 2 nitrogen and oxygen atoms in total. The molecule has 0 aromatic carbocycles. The number of halogens is 6. The van der Waals surface area contributed by atoms with Crippen LogP contribution in [0.3, 0.4) is 0 Å². The molecular weight excluding hydrogens is 453 g/mol. The van der Waals surface area contributed by atoms with Crippen LogP contribution < -0.4 is 0 Å². The maximum absolute atomic E-state index is 12.4. The predicted molar refractivity (Wildman–Crippen MR) is 101 cm³/mol. The first-order valence-corrected chi connectivity index (χ1v) is 10.4. The molecule has 126 valence electrons. The van der Waals surface area contributed by atoms with E-state index in [4.69, 9.17) is 69.6 Å². The highest BCUT2D eigenvalue weighted by Gasteiger charge is 2.39. The number of hydrogen-bond donors (Lipinski definition) is 0. The van der Waals surface area contributed by atoms with Crippen LogP contribution in [0, 0.1) is 0 Å². The minimum atomic E-state index is -2.18. The molecule has 0 saturated carbocycles. The van der Waals surface area contributed by atoms with Gasteiger partial charge in [0.2, 0.25) is 0 Å². The third-order valence-corrected chi connectivity index (χ3v) is 6.75. The van der Waals surface area contributed by atoms with Gasteiger partial charge in [-0.15, -0.1) is 11.5 Å². The van der Waals surface area contributed by atoms with Gasteiger partial charge >= 0.3 is 0 Å². The fourth-order valence-corrected chi connectivity index (χ4v) is 4.17. The van der Waals surface area contributed by atoms with Crippen molar-refractivity contribution in [3.8, 4) is 0 Å². The molecule has 0 radical (unpaired) electrons. The van der Waals surface area contributed by atoms with Crippen molar-refractivity contribution in [2.75, 3.05) is 0 Å². The second-order valence-corrected chi connectivity index (χ2v) is 12.6. The lowest BCUT2D eigenvalue weighted by atomic mass is 10.4. The van der Waals surface area contributed by atoms with E-state index in [1.54, 1.807) is 0 Å². The minimum Gasteiger partial charge on any atom is -0.249 e. The number of hydrogen-bond acceptors (Lipinski definition) is 2. The summed E-state index contributed by atoms with van der Waals surface area (Å²) >= 11 is 34.0. The van der Waals surface area contributed by atoms with Crippen molar-refractivity contribution in [1.29, 1.82) is 0 Å². The molecule has 0 fully saturated rings. The summed E-state index contributed by atoms with van der Waals surface area (Å²) in [5.41, 5.74) is 5.37. The van der Waals surface area contributed by atoms with E-state index in [0.29, 0.717) is 12.8 Å². The molecule has 2 atom stereocenters. The SMILES string of the molecule is CCC=C=C(C(=C=CCC)S(=O)C(Cl)(Cl)Cl)S(=O)C(Cl)(Cl)Cl. The zero-order valence-corrected chi connectivity index (χ0v) is 17.6. The molecule has 0 amide bonds. The number of rotatable bonds is 5. The Labute approximate surface area is 165 Å². The maximum atomic E-state index is 12.4. The highest BCUT2D eigenvalue weighted by atomic mass is 35.6. The van der Waals surface area contributed by atoms with Gasteiger partial charge in [-0.3, -0.25) is 0 Å². The monoisotopic (exact) mass is 462 g/mol. The highest BCUT2D eigenvalue weighted by Crippen LogP contribution is 2.41. The molecular formula is C12H12Cl6O2S2. The maximum Gasteiger partial charge on any atom is 0.271 e. The van der Waals surface area contributed by atoms with E-state index in [9.17, 15) is 8.42 Å². The van der Waals surface area contributed by atoms with Crippen molar-refractivity contribution in [2.45, 2.75) is 32.9 Å². The van der Waals surface area contributed by atoms with Gasteiger partial charge in [-0.05, 0) is 25.0 Å². The van der Waals surface area contributed by atoms with Crippen LogP contribution in [0.15, 0.2) is 33.4 Å². The summed E-state index contributed by atoms with van der Waals surface area (Å²) in [5.74, 6) is 0. The molecule has 10 heteroatoms. The molecule has 2 unspecified atom stereocenters. The van der Waals surface area contributed by atoms with Crippen LogP contribution in [0.4, 0.5) is 0 Å². The average Bonchev–Trinajstić information content (AvgIpc) is 2.39. The van der Waals surface area contributed by atoms with Gasteiger partial charge in [0, 0.05) is 0 Å². The summed E-state index contributed by atoms with van der Waals surface area (Å²) in [6.45, 7) is 3.64. The Balaban J connectivity index is 6.38. The Morgan fingerprint density at radius 2 is 1.09 bits per heavy atom. The second-order valence-electron chi connectivity index (χ2n) is 3.60. The van der Waals surface area contributed by atoms with Crippen LogP contribution in [0.5, 0.6) is 0 Å². The van der Waals surface area contributed by atoms with E-state index in [0.717, 1.165) is 0 Å². The Morgan fingerprint density at radius 3 is 1.27 bits per heavy atom. The van der Waals surface area contributed by atoms with E-state index in [-0.39, 0.29) is 9.81 Å². The zero-order valence-electron chi connectivity index (χ0n) is 11.5. The van der Waals surface area contributed by atoms with Crippen molar-refractivity contribution in [3.05, 3.63) is 33.4 Å². The van der Waals surface area contributed by atoms with Crippen LogP contribution in [-0.2, 0) is 21.6 Å². The first-order chi connectivity index (χ1) is 9.96. The first kappa shape index (κ1) is 23.1. The Morgan fingerprint density at radius 1 is 0.818 bits per heavy atom. The predicted octanol–water partition coefficient (Wildman–Crippen LogP) is 6.04. The lowest BCUT2D eigenvalue weighted by Gasteiger charge is -2.16. The lowest BCUT2D eigenvalue weighted by Crippen LogP contribution is -2.20. The van der Waals surface area contributed by atoms with Crippen LogP contribution in [0.1, 0.15) is 26.7 Å². The molecule has 0 aromatic rings. The fourth-order valence-electron chi connectivity index (χ4n) is 1.03. The van der Waals surface area contributed by atoms with Crippen LogP contribution >= 0.6 is 69.6 Å². The molecule has 0 aliphatic carbocycles. The quantitative estimate of drug-likeness (QED) is 0.282. The fraction of sp³-hybridized carbons (Fsp3) is 0.500. The number of alkyl halides is 6. The van der Waals surface area contributed by atoms with Gasteiger partial charge in [0.1, 0.15) is 31.4 Å². The van der Waals surface area contributed by atoms with Gasteiger partial charge in [-0.2, -0.15) is 0 Å². The van der Waals surface area contributed by atoms with Crippen molar-refractivity contribution >= 4 is 91.2 Å². The van der Waals surface area contributed by atoms with E-state index in [2.05, 4.69) is 11.5 Å². The third-order valence-electron chi connectivity index (χ3n) is 1.87. The molecule has 0 aliphatic rings. The minimum absolute atomic E-state index is 0.142. The summed E-state index contributed by atoms with van der Waals surface area (Å²) < 4.78 is 20.4. The molecule has 22 heavy (non-hydrogen) atoms. The van der Waals surface area contributed by atoms with Gasteiger partial charge in [-0.1, -0.05) is 83.5 Å². The normalized spacial score (nSPS) is 14.4. The Hall–Kier alpha value is 1.08. The summed E-state index contributed by atoms with van der Waals surface area (Å²) in [5, 5.41) is 0. The summed E-state index contributed by atoms with van der Waals surface area (Å²) in [6.07, 6.45) is 4.19. The summed E-state index contributed by atoms with van der Waals surface area (Å²) in [6, 6.07) is 0. The second kappa shape index (κ2) is 10.2. The molecule has 0 heterocycles. The smallest absolute Gasteiger partial charge is 0.249 e. The van der Waals surface area contributed by atoms with Crippen LogP contribution in [0.2, 0.25) is 0 Å². The van der Waals surface area contributed by atoms with Crippen molar-refractivity contribution < 1.29 is 8.42 Å². The first-order valence-electron chi connectivity index (χ1n) is 5.84. The molecule has 0 aliphatic heterocycles. The molecule has 0 saturated heterocycles. The van der Waals surface area contributed by atoms with E-state index < -0.39 is 27.8 Å².